The van der Waals surface area contributed by atoms with E-state index in [9.17, 15) is 20.2 Å². The second-order valence-electron chi connectivity index (χ2n) is 3.42. The van der Waals surface area contributed by atoms with Gasteiger partial charge in [-0.2, -0.15) is 0 Å². The maximum absolute atomic E-state index is 10.6. The van der Waals surface area contributed by atoms with Crippen molar-refractivity contribution >= 4 is 11.4 Å². The van der Waals surface area contributed by atoms with Crippen molar-refractivity contribution in [2.24, 2.45) is 0 Å². The number of hydrogen-bond acceptors (Lipinski definition) is 4. The average molecular weight is 210 g/mol. The number of nitro benzene ring substituents is 2. The first-order valence-corrected chi connectivity index (χ1v) is 4.36. The standard InChI is InChI=1S/C9H10N2O4/c1-6(2)7-3-4-8(10(12)13)9(5-7)11(14)15/h3-6H,1-2H3. The number of hydrogen-bond donors (Lipinski definition) is 0. The van der Waals surface area contributed by atoms with Gasteiger partial charge in [0.25, 0.3) is 0 Å². The van der Waals surface area contributed by atoms with E-state index in [1.54, 1.807) is 0 Å². The quantitative estimate of drug-likeness (QED) is 0.566. The van der Waals surface area contributed by atoms with Gasteiger partial charge in [0, 0.05) is 12.1 Å². The Kier molecular flexibility index (Phi) is 2.99. The third kappa shape index (κ3) is 2.28. The molecule has 80 valence electrons. The first kappa shape index (κ1) is 11.1. The van der Waals surface area contributed by atoms with Crippen LogP contribution in [0.3, 0.4) is 0 Å². The van der Waals surface area contributed by atoms with E-state index in [4.69, 9.17) is 0 Å². The second kappa shape index (κ2) is 4.04. The predicted octanol–water partition coefficient (Wildman–Crippen LogP) is 2.63. The molecule has 6 nitrogen and oxygen atoms in total. The van der Waals surface area contributed by atoms with Crippen LogP contribution in [0.25, 0.3) is 0 Å². The van der Waals surface area contributed by atoms with Gasteiger partial charge in [-0.25, -0.2) is 0 Å². The summed E-state index contributed by atoms with van der Waals surface area (Å²) in [5.41, 5.74) is -0.206. The van der Waals surface area contributed by atoms with Crippen LogP contribution in [0.4, 0.5) is 11.4 Å². The van der Waals surface area contributed by atoms with Gasteiger partial charge in [0.1, 0.15) is 0 Å². The van der Waals surface area contributed by atoms with Crippen molar-refractivity contribution < 1.29 is 9.85 Å². The molecule has 1 aromatic carbocycles. The fourth-order valence-electron chi connectivity index (χ4n) is 1.20. The van der Waals surface area contributed by atoms with Crippen molar-refractivity contribution in [1.29, 1.82) is 0 Å². The zero-order valence-corrected chi connectivity index (χ0v) is 8.34. The van der Waals surface area contributed by atoms with Crippen LogP contribution < -0.4 is 0 Å². The molecule has 0 spiro atoms. The van der Waals surface area contributed by atoms with E-state index in [1.165, 1.54) is 18.2 Å². The van der Waals surface area contributed by atoms with Crippen LogP contribution >= 0.6 is 0 Å². The maximum atomic E-state index is 10.6. The van der Waals surface area contributed by atoms with Gasteiger partial charge in [-0.3, -0.25) is 20.2 Å². The van der Waals surface area contributed by atoms with Crippen molar-refractivity contribution in [2.45, 2.75) is 19.8 Å². The van der Waals surface area contributed by atoms with E-state index in [0.717, 1.165) is 0 Å². The zero-order valence-electron chi connectivity index (χ0n) is 8.34. The molecule has 1 rings (SSSR count). The highest BCUT2D eigenvalue weighted by Gasteiger charge is 2.24. The molecule has 0 N–H and O–H groups in total. The van der Waals surface area contributed by atoms with Gasteiger partial charge < -0.3 is 0 Å². The Bertz CT molecular complexity index is 415. The molecule has 6 heteroatoms. The van der Waals surface area contributed by atoms with E-state index in [1.807, 2.05) is 13.8 Å². The summed E-state index contributed by atoms with van der Waals surface area (Å²) >= 11 is 0. The van der Waals surface area contributed by atoms with Gasteiger partial charge in [0.05, 0.1) is 9.85 Å². The predicted molar refractivity (Wildman–Crippen MR) is 53.8 cm³/mol. The molecule has 0 radical (unpaired) electrons. The van der Waals surface area contributed by atoms with Gasteiger partial charge in [0.2, 0.25) is 0 Å². The number of nitrogens with zero attached hydrogens (tertiary/aromatic N) is 2. The van der Waals surface area contributed by atoms with Gasteiger partial charge in [-0.1, -0.05) is 19.9 Å². The van der Waals surface area contributed by atoms with Crippen LogP contribution in [-0.4, -0.2) is 9.85 Å². The molecule has 0 bridgehead atoms. The van der Waals surface area contributed by atoms with Gasteiger partial charge in [-0.05, 0) is 11.5 Å². The van der Waals surface area contributed by atoms with E-state index >= 15 is 0 Å². The van der Waals surface area contributed by atoms with Crippen LogP contribution in [0.1, 0.15) is 25.3 Å². The summed E-state index contributed by atoms with van der Waals surface area (Å²) < 4.78 is 0. The van der Waals surface area contributed by atoms with Crippen molar-refractivity contribution in [1.82, 2.24) is 0 Å². The van der Waals surface area contributed by atoms with E-state index in [0.29, 0.717) is 5.56 Å². The van der Waals surface area contributed by atoms with Crippen LogP contribution in [-0.2, 0) is 0 Å². The molecule has 0 aromatic heterocycles. The molecule has 15 heavy (non-hydrogen) atoms. The molecular formula is C9H10N2O4. The lowest BCUT2D eigenvalue weighted by atomic mass is 10.0. The Morgan fingerprint density at radius 2 is 1.60 bits per heavy atom. The highest BCUT2D eigenvalue weighted by Crippen LogP contribution is 2.29. The van der Waals surface area contributed by atoms with Gasteiger partial charge in [0.15, 0.2) is 0 Å². The second-order valence-corrected chi connectivity index (χ2v) is 3.42. The Morgan fingerprint density at radius 1 is 1.07 bits per heavy atom. The summed E-state index contributed by atoms with van der Waals surface area (Å²) in [6.45, 7) is 3.73. The molecule has 0 fully saturated rings. The number of benzene rings is 1. The summed E-state index contributed by atoms with van der Waals surface area (Å²) in [5.74, 6) is 0.101. The lowest BCUT2D eigenvalue weighted by Crippen LogP contribution is -1.98. The fraction of sp³-hybridized carbons (Fsp3) is 0.333. The van der Waals surface area contributed by atoms with E-state index in [2.05, 4.69) is 0 Å². The summed E-state index contributed by atoms with van der Waals surface area (Å²) in [6, 6.07) is 3.96. The molecular weight excluding hydrogens is 200 g/mol. The molecule has 0 saturated heterocycles. The number of nitro groups is 2. The molecule has 0 aliphatic carbocycles. The third-order valence-corrected chi connectivity index (χ3v) is 2.06. The Labute approximate surface area is 85.8 Å². The first-order chi connectivity index (χ1) is 6.93. The summed E-state index contributed by atoms with van der Waals surface area (Å²) in [4.78, 5) is 19.6. The smallest absolute Gasteiger partial charge is 0.258 e. The topological polar surface area (TPSA) is 86.3 Å². The minimum atomic E-state index is -0.748. The van der Waals surface area contributed by atoms with Crippen molar-refractivity contribution in [3.05, 3.63) is 44.0 Å². The SMILES string of the molecule is CC(C)c1ccc([N+](=O)[O-])c([N+](=O)[O-])c1. The summed E-state index contributed by atoms with van der Waals surface area (Å²) in [7, 11) is 0. The molecule has 0 heterocycles. The van der Waals surface area contributed by atoms with Crippen LogP contribution in [0.5, 0.6) is 0 Å². The van der Waals surface area contributed by atoms with Crippen molar-refractivity contribution in [3.8, 4) is 0 Å². The minimum absolute atomic E-state index is 0.101. The van der Waals surface area contributed by atoms with E-state index in [-0.39, 0.29) is 5.92 Å². The lowest BCUT2D eigenvalue weighted by molar-refractivity contribution is -0.422. The van der Waals surface area contributed by atoms with Crippen molar-refractivity contribution in [2.75, 3.05) is 0 Å². The third-order valence-electron chi connectivity index (χ3n) is 2.06. The van der Waals surface area contributed by atoms with Crippen LogP contribution in [0.2, 0.25) is 0 Å². The largest absolute Gasteiger partial charge is 0.346 e. The Hall–Kier alpha value is -1.98. The molecule has 0 amide bonds. The van der Waals surface area contributed by atoms with Gasteiger partial charge in [-0.15, -0.1) is 0 Å². The highest BCUT2D eigenvalue weighted by molar-refractivity contribution is 5.54. The molecule has 0 saturated carbocycles. The average Bonchev–Trinajstić information content (AvgIpc) is 2.16. The molecule has 1 aromatic rings. The molecule has 0 aliphatic heterocycles. The normalized spacial score (nSPS) is 10.3. The monoisotopic (exact) mass is 210 g/mol. The van der Waals surface area contributed by atoms with Gasteiger partial charge >= 0.3 is 11.4 Å². The lowest BCUT2D eigenvalue weighted by Gasteiger charge is -2.04. The van der Waals surface area contributed by atoms with Crippen LogP contribution in [0, 0.1) is 20.2 Å². The minimum Gasteiger partial charge on any atom is -0.258 e. The Morgan fingerprint density at radius 3 is 2.00 bits per heavy atom. The van der Waals surface area contributed by atoms with Crippen molar-refractivity contribution in [3.63, 3.8) is 0 Å². The van der Waals surface area contributed by atoms with Crippen LogP contribution in [0.15, 0.2) is 18.2 Å². The fourth-order valence-corrected chi connectivity index (χ4v) is 1.20. The molecule has 0 atom stereocenters. The highest BCUT2D eigenvalue weighted by atomic mass is 16.6. The first-order valence-electron chi connectivity index (χ1n) is 4.36. The zero-order chi connectivity index (χ0) is 11.6. The Balaban J connectivity index is 3.33. The molecule has 0 aliphatic rings. The van der Waals surface area contributed by atoms with E-state index < -0.39 is 21.2 Å². The summed E-state index contributed by atoms with van der Waals surface area (Å²) in [6.07, 6.45) is 0. The maximum Gasteiger partial charge on any atom is 0.346 e. The number of rotatable bonds is 3. The molecule has 0 unspecified atom stereocenters. The summed E-state index contributed by atoms with van der Waals surface area (Å²) in [5, 5.41) is 21.1.